The quantitative estimate of drug-likeness (QED) is 0.895. The van der Waals surface area contributed by atoms with Gasteiger partial charge in [-0.05, 0) is 37.5 Å². The number of rotatable bonds is 2. The zero-order valence-electron chi connectivity index (χ0n) is 12.0. The third kappa shape index (κ3) is 3.24. The molecular weight excluding hydrogens is 309 g/mol. The number of sulfone groups is 1. The fourth-order valence-electron chi connectivity index (χ4n) is 2.99. The van der Waals surface area contributed by atoms with E-state index in [0.717, 1.165) is 6.42 Å². The van der Waals surface area contributed by atoms with Crippen LogP contribution in [-0.4, -0.2) is 32.4 Å². The lowest BCUT2D eigenvalue weighted by Gasteiger charge is -2.20. The molecule has 1 N–H and O–H groups in total. The lowest BCUT2D eigenvalue weighted by atomic mass is 10.00. The average Bonchev–Trinajstić information content (AvgIpc) is 2.72. The SMILES string of the molecule is O=C(N[C@@H]1CCCOc2ccc(F)cc21)[C@H]1CCS(=O)(=O)C1. The van der Waals surface area contributed by atoms with Crippen molar-refractivity contribution in [3.8, 4) is 5.75 Å². The van der Waals surface area contributed by atoms with Gasteiger partial charge in [0.2, 0.25) is 5.91 Å². The Balaban J connectivity index is 1.78. The van der Waals surface area contributed by atoms with Gasteiger partial charge in [-0.3, -0.25) is 4.79 Å². The Kier molecular flexibility index (Phi) is 4.08. The summed E-state index contributed by atoms with van der Waals surface area (Å²) in [5.74, 6) is -0.633. The summed E-state index contributed by atoms with van der Waals surface area (Å²) >= 11 is 0. The monoisotopic (exact) mass is 327 g/mol. The Morgan fingerprint density at radius 3 is 2.86 bits per heavy atom. The van der Waals surface area contributed by atoms with E-state index in [1.807, 2.05) is 0 Å². The molecule has 1 amide bonds. The maximum absolute atomic E-state index is 13.5. The fourth-order valence-corrected chi connectivity index (χ4v) is 4.73. The molecule has 5 nitrogen and oxygen atoms in total. The van der Waals surface area contributed by atoms with Gasteiger partial charge in [-0.15, -0.1) is 0 Å². The summed E-state index contributed by atoms with van der Waals surface area (Å²) in [5, 5.41) is 2.87. The third-order valence-corrected chi connectivity index (χ3v) is 5.93. The van der Waals surface area contributed by atoms with Crippen molar-refractivity contribution >= 4 is 15.7 Å². The summed E-state index contributed by atoms with van der Waals surface area (Å²) in [6.45, 7) is 0.517. The molecule has 2 aliphatic rings. The van der Waals surface area contributed by atoms with Crippen LogP contribution in [0.4, 0.5) is 4.39 Å². The van der Waals surface area contributed by atoms with Crippen LogP contribution in [0, 0.1) is 11.7 Å². The van der Waals surface area contributed by atoms with Crippen LogP contribution in [-0.2, 0) is 14.6 Å². The molecule has 1 aromatic carbocycles. The first-order valence-electron chi connectivity index (χ1n) is 7.38. The number of hydrogen-bond acceptors (Lipinski definition) is 4. The number of hydrogen-bond donors (Lipinski definition) is 1. The number of nitrogens with one attached hydrogen (secondary N) is 1. The molecule has 0 spiro atoms. The number of halogens is 1. The van der Waals surface area contributed by atoms with Gasteiger partial charge in [-0.25, -0.2) is 12.8 Å². The fraction of sp³-hybridized carbons (Fsp3) is 0.533. The topological polar surface area (TPSA) is 72.5 Å². The second-order valence-corrected chi connectivity index (χ2v) is 8.06. The van der Waals surface area contributed by atoms with Crippen molar-refractivity contribution in [1.82, 2.24) is 5.32 Å². The van der Waals surface area contributed by atoms with Crippen LogP contribution in [0.15, 0.2) is 18.2 Å². The summed E-state index contributed by atoms with van der Waals surface area (Å²) in [4.78, 5) is 12.3. The van der Waals surface area contributed by atoms with E-state index in [4.69, 9.17) is 4.74 Å². The number of carbonyl (C=O) groups is 1. The molecule has 22 heavy (non-hydrogen) atoms. The van der Waals surface area contributed by atoms with Crippen molar-refractivity contribution < 1.29 is 22.3 Å². The minimum Gasteiger partial charge on any atom is -0.493 e. The van der Waals surface area contributed by atoms with E-state index in [2.05, 4.69) is 5.32 Å². The predicted octanol–water partition coefficient (Wildman–Crippen LogP) is 1.59. The number of benzene rings is 1. The average molecular weight is 327 g/mol. The molecule has 1 fully saturated rings. The molecule has 1 saturated heterocycles. The maximum atomic E-state index is 13.5. The van der Waals surface area contributed by atoms with Crippen molar-refractivity contribution in [2.45, 2.75) is 25.3 Å². The van der Waals surface area contributed by atoms with E-state index in [-0.39, 0.29) is 29.3 Å². The highest BCUT2D eigenvalue weighted by atomic mass is 32.2. The number of amides is 1. The van der Waals surface area contributed by atoms with E-state index < -0.39 is 15.8 Å². The van der Waals surface area contributed by atoms with Gasteiger partial charge in [-0.1, -0.05) is 0 Å². The second kappa shape index (κ2) is 5.87. The van der Waals surface area contributed by atoms with Crippen LogP contribution in [0.25, 0.3) is 0 Å². The van der Waals surface area contributed by atoms with Gasteiger partial charge in [0.25, 0.3) is 0 Å². The summed E-state index contributed by atoms with van der Waals surface area (Å²) in [5.41, 5.74) is 0.617. The molecule has 3 rings (SSSR count). The second-order valence-electron chi connectivity index (χ2n) is 5.83. The van der Waals surface area contributed by atoms with Crippen LogP contribution in [0.5, 0.6) is 5.75 Å². The van der Waals surface area contributed by atoms with Crippen LogP contribution >= 0.6 is 0 Å². The highest BCUT2D eigenvalue weighted by molar-refractivity contribution is 7.91. The largest absolute Gasteiger partial charge is 0.493 e. The first-order chi connectivity index (χ1) is 10.4. The minimum absolute atomic E-state index is 0.0596. The number of fused-ring (bicyclic) bond motifs is 1. The number of ether oxygens (including phenoxy) is 1. The van der Waals surface area contributed by atoms with Gasteiger partial charge in [-0.2, -0.15) is 0 Å². The summed E-state index contributed by atoms with van der Waals surface area (Å²) in [6.07, 6.45) is 1.74. The van der Waals surface area contributed by atoms with Gasteiger partial charge in [0.15, 0.2) is 9.84 Å². The molecule has 0 bridgehead atoms. The van der Waals surface area contributed by atoms with Gasteiger partial charge >= 0.3 is 0 Å². The highest BCUT2D eigenvalue weighted by Crippen LogP contribution is 2.32. The van der Waals surface area contributed by atoms with E-state index in [0.29, 0.717) is 30.8 Å². The van der Waals surface area contributed by atoms with Gasteiger partial charge < -0.3 is 10.1 Å². The third-order valence-electron chi connectivity index (χ3n) is 4.16. The van der Waals surface area contributed by atoms with Gasteiger partial charge in [0, 0.05) is 5.56 Å². The Labute approximate surface area is 128 Å². The molecule has 0 unspecified atom stereocenters. The number of carbonyl (C=O) groups excluding carboxylic acids is 1. The molecule has 7 heteroatoms. The van der Waals surface area contributed by atoms with Crippen LogP contribution in [0.3, 0.4) is 0 Å². The Morgan fingerprint density at radius 1 is 1.32 bits per heavy atom. The molecule has 0 radical (unpaired) electrons. The minimum atomic E-state index is -3.10. The highest BCUT2D eigenvalue weighted by Gasteiger charge is 2.34. The van der Waals surface area contributed by atoms with E-state index >= 15 is 0 Å². The van der Waals surface area contributed by atoms with Crippen molar-refractivity contribution in [3.63, 3.8) is 0 Å². The Hall–Kier alpha value is -1.63. The van der Waals surface area contributed by atoms with E-state index in [1.54, 1.807) is 6.07 Å². The standard InChI is InChI=1S/C15H18FNO4S/c16-11-3-4-14-12(8-11)13(2-1-6-21-14)17-15(18)10-5-7-22(19,20)9-10/h3-4,8,10,13H,1-2,5-7,9H2,(H,17,18)/t10-,13+/m0/s1. The van der Waals surface area contributed by atoms with Gasteiger partial charge in [0.1, 0.15) is 11.6 Å². The molecule has 1 aromatic rings. The summed E-state index contributed by atoms with van der Waals surface area (Å²) in [6, 6.07) is 3.92. The lowest BCUT2D eigenvalue weighted by molar-refractivity contribution is -0.125. The smallest absolute Gasteiger partial charge is 0.224 e. The van der Waals surface area contributed by atoms with Crippen molar-refractivity contribution in [2.75, 3.05) is 18.1 Å². The summed E-state index contributed by atoms with van der Waals surface area (Å²) in [7, 11) is -3.10. The first-order valence-corrected chi connectivity index (χ1v) is 9.20. The molecule has 120 valence electrons. The summed E-state index contributed by atoms with van der Waals surface area (Å²) < 4.78 is 42.0. The maximum Gasteiger partial charge on any atom is 0.224 e. The zero-order valence-corrected chi connectivity index (χ0v) is 12.9. The lowest BCUT2D eigenvalue weighted by Crippen LogP contribution is -2.34. The van der Waals surface area contributed by atoms with Crippen LogP contribution in [0.2, 0.25) is 0 Å². The predicted molar refractivity (Wildman–Crippen MR) is 78.8 cm³/mol. The van der Waals surface area contributed by atoms with Crippen molar-refractivity contribution in [2.24, 2.45) is 5.92 Å². The Bertz CT molecular complexity index is 689. The molecule has 0 aliphatic carbocycles. The first kappa shape index (κ1) is 15.3. The zero-order chi connectivity index (χ0) is 15.7. The van der Waals surface area contributed by atoms with Crippen molar-refractivity contribution in [3.05, 3.63) is 29.6 Å². The molecular formula is C15H18FNO4S. The van der Waals surface area contributed by atoms with Gasteiger partial charge in [0.05, 0.1) is 30.1 Å². The normalized spacial score (nSPS) is 26.6. The molecule has 2 heterocycles. The molecule has 0 aromatic heterocycles. The molecule has 0 saturated carbocycles. The van der Waals surface area contributed by atoms with Crippen LogP contribution in [0.1, 0.15) is 30.9 Å². The molecule has 2 aliphatic heterocycles. The van der Waals surface area contributed by atoms with Crippen LogP contribution < -0.4 is 10.1 Å². The van der Waals surface area contributed by atoms with Crippen molar-refractivity contribution in [1.29, 1.82) is 0 Å². The van der Waals surface area contributed by atoms with E-state index in [1.165, 1.54) is 12.1 Å². The van der Waals surface area contributed by atoms with E-state index in [9.17, 15) is 17.6 Å². The Morgan fingerprint density at radius 2 is 2.14 bits per heavy atom. The molecule has 2 atom stereocenters.